The first-order valence-electron chi connectivity index (χ1n) is 7.18. The summed E-state index contributed by atoms with van der Waals surface area (Å²) in [6.07, 6.45) is 2.21. The van der Waals surface area contributed by atoms with Gasteiger partial charge in [0.1, 0.15) is 5.75 Å². The predicted molar refractivity (Wildman–Crippen MR) is 84.5 cm³/mol. The van der Waals surface area contributed by atoms with Gasteiger partial charge in [0.05, 0.1) is 6.61 Å². The maximum atomic E-state index is 12.3. The average molecular weight is 301 g/mol. The molecule has 0 aliphatic carbocycles. The van der Waals surface area contributed by atoms with E-state index >= 15 is 0 Å². The maximum Gasteiger partial charge on any atom is 0.163 e. The van der Waals surface area contributed by atoms with Gasteiger partial charge in [0.25, 0.3) is 0 Å². The normalized spacial score (nSPS) is 12.9. The van der Waals surface area contributed by atoms with Crippen molar-refractivity contribution >= 4 is 17.4 Å². The first-order valence-corrected chi connectivity index (χ1v) is 7.56. The molecule has 0 spiro atoms. The number of aryl methyl sites for hydroxylation is 1. The molecule has 0 unspecified atom stereocenters. The molecule has 0 atom stereocenters. The largest absolute Gasteiger partial charge is 0.493 e. The van der Waals surface area contributed by atoms with Crippen molar-refractivity contribution in [1.82, 2.24) is 0 Å². The number of hydrogen-bond acceptors (Lipinski definition) is 2. The number of carbonyl (C=O) groups excluding carboxylic acids is 1. The summed E-state index contributed by atoms with van der Waals surface area (Å²) in [5.74, 6) is 1.13. The molecule has 0 bridgehead atoms. The molecule has 2 aromatic rings. The van der Waals surface area contributed by atoms with E-state index in [9.17, 15) is 4.79 Å². The summed E-state index contributed by atoms with van der Waals surface area (Å²) in [6.45, 7) is 2.65. The Morgan fingerprint density at radius 1 is 1.29 bits per heavy atom. The molecule has 0 saturated heterocycles. The van der Waals surface area contributed by atoms with Gasteiger partial charge in [0, 0.05) is 23.4 Å². The van der Waals surface area contributed by atoms with Crippen LogP contribution in [0.15, 0.2) is 36.4 Å². The van der Waals surface area contributed by atoms with Crippen LogP contribution in [0.2, 0.25) is 5.02 Å². The monoisotopic (exact) mass is 300 g/mol. The smallest absolute Gasteiger partial charge is 0.163 e. The van der Waals surface area contributed by atoms with E-state index in [2.05, 4.69) is 6.07 Å². The molecule has 0 radical (unpaired) electrons. The molecule has 2 nitrogen and oxygen atoms in total. The van der Waals surface area contributed by atoms with Crippen molar-refractivity contribution in [3.63, 3.8) is 0 Å². The fourth-order valence-corrected chi connectivity index (χ4v) is 2.87. The number of Topliss-reactive ketones (excluding diaryl/α,β-unsaturated/α-hetero) is 1. The number of fused-ring (bicyclic) bond motifs is 1. The first kappa shape index (κ1) is 14.2. The van der Waals surface area contributed by atoms with Crippen molar-refractivity contribution < 1.29 is 9.53 Å². The highest BCUT2D eigenvalue weighted by Crippen LogP contribution is 2.27. The van der Waals surface area contributed by atoms with Gasteiger partial charge in [-0.05, 0) is 42.2 Å². The van der Waals surface area contributed by atoms with E-state index in [0.29, 0.717) is 11.4 Å². The number of halogens is 1. The van der Waals surface area contributed by atoms with Gasteiger partial charge in [-0.1, -0.05) is 35.9 Å². The third kappa shape index (κ3) is 2.96. The summed E-state index contributed by atoms with van der Waals surface area (Å²) in [4.78, 5) is 12.3. The quantitative estimate of drug-likeness (QED) is 0.782. The predicted octanol–water partition coefficient (Wildman–Crippen LogP) is 4.40. The fourth-order valence-electron chi connectivity index (χ4n) is 2.70. The third-order valence-electron chi connectivity index (χ3n) is 3.96. The number of benzene rings is 2. The third-order valence-corrected chi connectivity index (χ3v) is 4.37. The van der Waals surface area contributed by atoms with Crippen molar-refractivity contribution in [3.05, 3.63) is 63.7 Å². The summed E-state index contributed by atoms with van der Waals surface area (Å²) in [5, 5.41) is 0.649. The first-order chi connectivity index (χ1) is 10.1. The Kier molecular flexibility index (Phi) is 3.98. The second-order valence-electron chi connectivity index (χ2n) is 5.38. The Balaban J connectivity index is 1.70. The molecule has 3 rings (SSSR count). The minimum absolute atomic E-state index is 0.145. The molecule has 0 aromatic heterocycles. The molecule has 3 heteroatoms. The lowest BCUT2D eigenvalue weighted by Crippen LogP contribution is -2.04. The lowest BCUT2D eigenvalue weighted by atomic mass is 9.98. The second-order valence-corrected chi connectivity index (χ2v) is 5.78. The average Bonchev–Trinajstić information content (AvgIpc) is 2.95. The van der Waals surface area contributed by atoms with Gasteiger partial charge in [-0.25, -0.2) is 0 Å². The van der Waals surface area contributed by atoms with Crippen LogP contribution >= 0.6 is 11.6 Å². The molecule has 2 aromatic carbocycles. The van der Waals surface area contributed by atoms with Crippen LogP contribution in [0.5, 0.6) is 5.75 Å². The van der Waals surface area contributed by atoms with E-state index in [-0.39, 0.29) is 5.78 Å². The van der Waals surface area contributed by atoms with Crippen LogP contribution in [-0.4, -0.2) is 12.4 Å². The van der Waals surface area contributed by atoms with Crippen LogP contribution in [0, 0.1) is 6.92 Å². The standard InChI is InChI=1S/C18H17ClO2/c1-12-15(3-2-4-16(12)19)17(20)7-5-13-6-8-18-14(11-13)9-10-21-18/h2-4,6,8,11H,5,7,9-10H2,1H3. The Hall–Kier alpha value is -1.80. The summed E-state index contributed by atoms with van der Waals surface area (Å²) in [7, 11) is 0. The van der Waals surface area contributed by atoms with Gasteiger partial charge in [-0.3, -0.25) is 4.79 Å². The number of rotatable bonds is 4. The minimum atomic E-state index is 0.145. The summed E-state index contributed by atoms with van der Waals surface area (Å²) < 4.78 is 5.50. The molecule has 21 heavy (non-hydrogen) atoms. The fraction of sp³-hybridized carbons (Fsp3) is 0.278. The highest BCUT2D eigenvalue weighted by atomic mass is 35.5. The van der Waals surface area contributed by atoms with Gasteiger partial charge in [-0.2, -0.15) is 0 Å². The molecule has 1 aliphatic rings. The van der Waals surface area contributed by atoms with Gasteiger partial charge < -0.3 is 4.74 Å². The Morgan fingerprint density at radius 3 is 3.00 bits per heavy atom. The Labute approximate surface area is 129 Å². The summed E-state index contributed by atoms with van der Waals surface area (Å²) in [5.41, 5.74) is 4.03. The SMILES string of the molecule is Cc1c(Cl)cccc1C(=O)CCc1ccc2c(c1)CCO2. The highest BCUT2D eigenvalue weighted by Gasteiger charge is 2.14. The van der Waals surface area contributed by atoms with Crippen LogP contribution in [0.4, 0.5) is 0 Å². The van der Waals surface area contributed by atoms with Crippen LogP contribution in [0.1, 0.15) is 33.5 Å². The van der Waals surface area contributed by atoms with E-state index in [1.807, 2.05) is 37.3 Å². The molecule has 0 fully saturated rings. The van der Waals surface area contributed by atoms with Gasteiger partial charge in [0.15, 0.2) is 5.78 Å². The van der Waals surface area contributed by atoms with Gasteiger partial charge in [-0.15, -0.1) is 0 Å². The zero-order chi connectivity index (χ0) is 14.8. The molecule has 0 saturated carbocycles. The molecule has 0 N–H and O–H groups in total. The van der Waals surface area contributed by atoms with Crippen LogP contribution in [0.25, 0.3) is 0 Å². The van der Waals surface area contributed by atoms with E-state index in [0.717, 1.165) is 36.3 Å². The van der Waals surface area contributed by atoms with Gasteiger partial charge >= 0.3 is 0 Å². The number of ether oxygens (including phenoxy) is 1. The molecule has 1 heterocycles. The highest BCUT2D eigenvalue weighted by molar-refractivity contribution is 6.31. The Bertz CT molecular complexity index is 692. The van der Waals surface area contributed by atoms with Crippen LogP contribution < -0.4 is 4.74 Å². The number of hydrogen-bond donors (Lipinski definition) is 0. The van der Waals surface area contributed by atoms with Crippen molar-refractivity contribution in [2.75, 3.05) is 6.61 Å². The van der Waals surface area contributed by atoms with Crippen molar-refractivity contribution in [1.29, 1.82) is 0 Å². The minimum Gasteiger partial charge on any atom is -0.493 e. The lowest BCUT2D eigenvalue weighted by Gasteiger charge is -2.07. The second kappa shape index (κ2) is 5.90. The lowest BCUT2D eigenvalue weighted by molar-refractivity contribution is 0.0982. The van der Waals surface area contributed by atoms with Crippen molar-refractivity contribution in [3.8, 4) is 5.75 Å². The van der Waals surface area contributed by atoms with Crippen molar-refractivity contribution in [2.45, 2.75) is 26.2 Å². The van der Waals surface area contributed by atoms with Crippen LogP contribution in [-0.2, 0) is 12.8 Å². The van der Waals surface area contributed by atoms with E-state index in [1.165, 1.54) is 11.1 Å². The summed E-state index contributed by atoms with van der Waals surface area (Å²) in [6, 6.07) is 11.7. The van der Waals surface area contributed by atoms with E-state index < -0.39 is 0 Å². The van der Waals surface area contributed by atoms with E-state index in [1.54, 1.807) is 0 Å². The molecule has 108 valence electrons. The summed E-state index contributed by atoms with van der Waals surface area (Å²) >= 11 is 6.07. The zero-order valence-corrected chi connectivity index (χ0v) is 12.7. The number of ketones is 1. The molecule has 1 aliphatic heterocycles. The van der Waals surface area contributed by atoms with E-state index in [4.69, 9.17) is 16.3 Å². The van der Waals surface area contributed by atoms with Gasteiger partial charge in [0.2, 0.25) is 0 Å². The molecular formula is C18H17ClO2. The maximum absolute atomic E-state index is 12.3. The molecular weight excluding hydrogens is 284 g/mol. The van der Waals surface area contributed by atoms with Crippen molar-refractivity contribution in [2.24, 2.45) is 0 Å². The van der Waals surface area contributed by atoms with Crippen LogP contribution in [0.3, 0.4) is 0 Å². The zero-order valence-electron chi connectivity index (χ0n) is 12.0. The number of carbonyl (C=O) groups is 1. The topological polar surface area (TPSA) is 26.3 Å². The molecule has 0 amide bonds. The Morgan fingerprint density at radius 2 is 2.14 bits per heavy atom.